The van der Waals surface area contributed by atoms with Gasteiger partial charge in [-0.05, 0) is 13.3 Å². The molecule has 1 atom stereocenters. The van der Waals surface area contributed by atoms with Crippen LogP contribution in [0.4, 0.5) is 0 Å². The van der Waals surface area contributed by atoms with Crippen molar-refractivity contribution in [3.05, 3.63) is 18.7 Å². The molecule has 6 heteroatoms. The molecule has 0 radical (unpaired) electrons. The normalized spacial score (nSPS) is 11.9. The van der Waals surface area contributed by atoms with Gasteiger partial charge in [0.1, 0.15) is 0 Å². The number of hydrogen-bond acceptors (Lipinski definition) is 4. The number of carbonyl (C=O) groups excluding carboxylic acids is 2. The van der Waals surface area contributed by atoms with Crippen molar-refractivity contribution < 1.29 is 14.3 Å². The maximum absolute atomic E-state index is 11.9. The summed E-state index contributed by atoms with van der Waals surface area (Å²) in [5.41, 5.74) is 0. The van der Waals surface area contributed by atoms with Gasteiger partial charge in [-0.3, -0.25) is 9.59 Å². The molecule has 6 nitrogen and oxygen atoms in total. The van der Waals surface area contributed by atoms with E-state index in [4.69, 9.17) is 4.74 Å². The molecule has 1 rings (SSSR count). The Balaban J connectivity index is 2.33. The van der Waals surface area contributed by atoms with Crippen molar-refractivity contribution in [3.63, 3.8) is 0 Å². The fourth-order valence-electron chi connectivity index (χ4n) is 2.00. The number of amides is 1. The topological polar surface area (TPSA) is 73.2 Å². The zero-order valence-electron chi connectivity index (χ0n) is 12.2. The molecule has 20 heavy (non-hydrogen) atoms. The second-order valence-electron chi connectivity index (χ2n) is 4.56. The zero-order chi connectivity index (χ0) is 14.8. The number of nitrogens with one attached hydrogen (secondary N) is 1. The van der Waals surface area contributed by atoms with E-state index >= 15 is 0 Å². The van der Waals surface area contributed by atoms with Crippen molar-refractivity contribution >= 4 is 11.9 Å². The van der Waals surface area contributed by atoms with Gasteiger partial charge in [-0.1, -0.05) is 13.3 Å². The Kier molecular flexibility index (Phi) is 7.39. The van der Waals surface area contributed by atoms with Crippen molar-refractivity contribution in [2.24, 2.45) is 0 Å². The highest BCUT2D eigenvalue weighted by Gasteiger charge is 2.14. The molecule has 0 aliphatic carbocycles. The lowest BCUT2D eigenvalue weighted by atomic mass is 10.1. The van der Waals surface area contributed by atoms with Crippen LogP contribution in [-0.2, 0) is 14.3 Å². The van der Waals surface area contributed by atoms with E-state index in [2.05, 4.69) is 17.2 Å². The van der Waals surface area contributed by atoms with Gasteiger partial charge < -0.3 is 14.6 Å². The number of ether oxygens (including phenoxy) is 1. The van der Waals surface area contributed by atoms with Gasteiger partial charge in [0.2, 0.25) is 5.91 Å². The summed E-state index contributed by atoms with van der Waals surface area (Å²) in [5.74, 6) is -0.339. The molecule has 0 spiro atoms. The van der Waals surface area contributed by atoms with Crippen molar-refractivity contribution in [1.29, 1.82) is 0 Å². The number of aromatic nitrogens is 2. The molecular weight excluding hydrogens is 258 g/mol. The van der Waals surface area contributed by atoms with Gasteiger partial charge >= 0.3 is 5.97 Å². The van der Waals surface area contributed by atoms with Gasteiger partial charge in [0, 0.05) is 31.4 Å². The summed E-state index contributed by atoms with van der Waals surface area (Å²) in [7, 11) is 0. The van der Waals surface area contributed by atoms with Crippen molar-refractivity contribution in [1.82, 2.24) is 14.9 Å². The summed E-state index contributed by atoms with van der Waals surface area (Å²) < 4.78 is 6.75. The summed E-state index contributed by atoms with van der Waals surface area (Å²) in [4.78, 5) is 27.0. The zero-order valence-corrected chi connectivity index (χ0v) is 12.2. The van der Waals surface area contributed by atoms with E-state index in [0.29, 0.717) is 19.6 Å². The molecule has 1 amide bonds. The van der Waals surface area contributed by atoms with E-state index in [1.807, 2.05) is 10.8 Å². The standard InChI is InChI=1S/C14H23N3O3/c1-3-5-12(17-9-8-15-11-17)10-13(18)16-7-6-14(19)20-4-2/h8-9,11-12H,3-7,10H2,1-2H3,(H,16,18). The van der Waals surface area contributed by atoms with Crippen molar-refractivity contribution in [3.8, 4) is 0 Å². The molecule has 1 aromatic rings. The van der Waals surface area contributed by atoms with Gasteiger partial charge in [0.25, 0.3) is 0 Å². The molecule has 0 saturated carbocycles. The molecule has 0 aliphatic rings. The van der Waals surface area contributed by atoms with E-state index in [9.17, 15) is 9.59 Å². The molecule has 1 N–H and O–H groups in total. The number of imidazole rings is 1. The van der Waals surface area contributed by atoms with Crippen LogP contribution in [0, 0.1) is 0 Å². The average Bonchev–Trinajstić information content (AvgIpc) is 2.92. The van der Waals surface area contributed by atoms with Gasteiger partial charge in [-0.25, -0.2) is 4.98 Å². The number of carbonyl (C=O) groups is 2. The summed E-state index contributed by atoms with van der Waals surface area (Å²) >= 11 is 0. The lowest BCUT2D eigenvalue weighted by molar-refractivity contribution is -0.143. The maximum Gasteiger partial charge on any atom is 0.307 e. The summed E-state index contributed by atoms with van der Waals surface area (Å²) in [6, 6.07) is 0.116. The molecule has 112 valence electrons. The van der Waals surface area contributed by atoms with Crippen LogP contribution in [0.2, 0.25) is 0 Å². The number of esters is 1. The Morgan fingerprint density at radius 3 is 2.80 bits per heavy atom. The van der Waals surface area contributed by atoms with Crippen LogP contribution in [-0.4, -0.2) is 34.6 Å². The van der Waals surface area contributed by atoms with Crippen LogP contribution in [0.3, 0.4) is 0 Å². The monoisotopic (exact) mass is 281 g/mol. The minimum absolute atomic E-state index is 0.0542. The minimum Gasteiger partial charge on any atom is -0.466 e. The quantitative estimate of drug-likeness (QED) is 0.699. The molecular formula is C14H23N3O3. The average molecular weight is 281 g/mol. The van der Waals surface area contributed by atoms with E-state index in [-0.39, 0.29) is 24.3 Å². The van der Waals surface area contributed by atoms with Crippen LogP contribution in [0.25, 0.3) is 0 Å². The Labute approximate surface area is 119 Å². The Hall–Kier alpha value is -1.85. The smallest absolute Gasteiger partial charge is 0.307 e. The molecule has 1 aromatic heterocycles. The van der Waals surface area contributed by atoms with Crippen LogP contribution in [0.15, 0.2) is 18.7 Å². The lowest BCUT2D eigenvalue weighted by Gasteiger charge is -2.17. The Morgan fingerprint density at radius 1 is 1.40 bits per heavy atom. The highest BCUT2D eigenvalue weighted by Crippen LogP contribution is 2.17. The SMILES string of the molecule is CCCC(CC(=O)NCCC(=O)OCC)n1ccnc1. The van der Waals surface area contributed by atoms with Crippen LogP contribution < -0.4 is 5.32 Å². The molecule has 0 fully saturated rings. The minimum atomic E-state index is -0.285. The van der Waals surface area contributed by atoms with Gasteiger partial charge in [0.15, 0.2) is 0 Å². The summed E-state index contributed by atoms with van der Waals surface area (Å²) in [6.45, 7) is 4.53. The van der Waals surface area contributed by atoms with Crippen LogP contribution in [0.1, 0.15) is 45.6 Å². The molecule has 0 bridgehead atoms. The predicted molar refractivity (Wildman–Crippen MR) is 75.0 cm³/mol. The predicted octanol–water partition coefficient (Wildman–Crippen LogP) is 1.68. The fraction of sp³-hybridized carbons (Fsp3) is 0.643. The molecule has 1 heterocycles. The molecule has 0 aromatic carbocycles. The third-order valence-corrected chi connectivity index (χ3v) is 2.95. The number of nitrogens with zero attached hydrogens (tertiary/aromatic N) is 2. The fourth-order valence-corrected chi connectivity index (χ4v) is 2.00. The first-order chi connectivity index (χ1) is 9.67. The Bertz CT molecular complexity index is 404. The third-order valence-electron chi connectivity index (χ3n) is 2.95. The van der Waals surface area contributed by atoms with Crippen molar-refractivity contribution in [2.45, 2.75) is 45.6 Å². The van der Waals surface area contributed by atoms with Crippen LogP contribution >= 0.6 is 0 Å². The number of rotatable bonds is 9. The Morgan fingerprint density at radius 2 is 2.20 bits per heavy atom. The summed E-state index contributed by atoms with van der Waals surface area (Å²) in [5, 5.41) is 2.75. The second kappa shape index (κ2) is 9.12. The van der Waals surface area contributed by atoms with E-state index in [1.165, 1.54) is 0 Å². The maximum atomic E-state index is 11.9. The van der Waals surface area contributed by atoms with E-state index in [1.54, 1.807) is 19.4 Å². The van der Waals surface area contributed by atoms with E-state index < -0.39 is 0 Å². The molecule has 1 unspecified atom stereocenters. The second-order valence-corrected chi connectivity index (χ2v) is 4.56. The highest BCUT2D eigenvalue weighted by molar-refractivity contribution is 5.77. The largest absolute Gasteiger partial charge is 0.466 e. The highest BCUT2D eigenvalue weighted by atomic mass is 16.5. The van der Waals surface area contributed by atoms with Gasteiger partial charge in [-0.15, -0.1) is 0 Å². The first-order valence-corrected chi connectivity index (χ1v) is 7.07. The van der Waals surface area contributed by atoms with Gasteiger partial charge in [-0.2, -0.15) is 0 Å². The van der Waals surface area contributed by atoms with Crippen molar-refractivity contribution in [2.75, 3.05) is 13.2 Å². The third kappa shape index (κ3) is 5.86. The van der Waals surface area contributed by atoms with E-state index in [0.717, 1.165) is 12.8 Å². The van der Waals surface area contributed by atoms with Crippen LogP contribution in [0.5, 0.6) is 0 Å². The number of hydrogen-bond donors (Lipinski definition) is 1. The van der Waals surface area contributed by atoms with Gasteiger partial charge in [0.05, 0.1) is 19.4 Å². The summed E-state index contributed by atoms with van der Waals surface area (Å²) in [6.07, 6.45) is 7.83. The molecule has 0 saturated heterocycles. The lowest BCUT2D eigenvalue weighted by Crippen LogP contribution is -2.28. The molecule has 0 aliphatic heterocycles. The first kappa shape index (κ1) is 16.2. The first-order valence-electron chi connectivity index (χ1n) is 7.07.